The van der Waals surface area contributed by atoms with E-state index in [-0.39, 0.29) is 6.17 Å². The fraction of sp³-hybridized carbons (Fsp3) is 0.167. The Morgan fingerprint density at radius 3 is 3.18 bits per heavy atom. The molecule has 0 aromatic rings. The van der Waals surface area contributed by atoms with Gasteiger partial charge in [0.05, 0.1) is 10.9 Å². The Balaban J connectivity index is 2.40. The van der Waals surface area contributed by atoms with Crippen LogP contribution in [-0.4, -0.2) is 12.5 Å². The van der Waals surface area contributed by atoms with E-state index in [1.54, 1.807) is 6.34 Å². The lowest BCUT2D eigenvalue weighted by molar-refractivity contribution is 0.657. The van der Waals surface area contributed by atoms with Gasteiger partial charge in [-0.2, -0.15) is 0 Å². The zero-order valence-corrected chi connectivity index (χ0v) is 7.78. The van der Waals surface area contributed by atoms with Gasteiger partial charge in [-0.25, -0.2) is 4.99 Å². The second-order valence-electron chi connectivity index (χ2n) is 2.24. The zero-order chi connectivity index (χ0) is 7.84. The van der Waals surface area contributed by atoms with Crippen molar-refractivity contribution in [3.8, 4) is 0 Å². The molecule has 1 unspecified atom stereocenters. The van der Waals surface area contributed by atoms with Crippen molar-refractivity contribution >= 4 is 33.9 Å². The van der Waals surface area contributed by atoms with Crippen LogP contribution in [0.15, 0.2) is 26.4 Å². The summed E-state index contributed by atoms with van der Waals surface area (Å²) in [6.07, 6.45) is 3.58. The summed E-state index contributed by atoms with van der Waals surface area (Å²) in [7, 11) is 0. The molecule has 1 atom stereocenters. The Morgan fingerprint density at radius 1 is 1.64 bits per heavy atom. The van der Waals surface area contributed by atoms with Crippen LogP contribution in [0.3, 0.4) is 0 Å². The molecule has 11 heavy (non-hydrogen) atoms. The summed E-state index contributed by atoms with van der Waals surface area (Å²) >= 11 is 9.14. The van der Waals surface area contributed by atoms with Gasteiger partial charge in [-0.15, -0.1) is 0 Å². The van der Waals surface area contributed by atoms with Gasteiger partial charge in [0.1, 0.15) is 11.3 Å². The number of hydrogen-bond acceptors (Lipinski definition) is 3. The third-order valence-electron chi connectivity index (χ3n) is 1.53. The minimum absolute atomic E-state index is 0.0781. The van der Waals surface area contributed by atoms with Crippen molar-refractivity contribution in [1.82, 2.24) is 10.6 Å². The fourth-order valence-electron chi connectivity index (χ4n) is 1.03. The molecule has 2 aliphatic heterocycles. The van der Waals surface area contributed by atoms with Crippen molar-refractivity contribution in [3.63, 3.8) is 0 Å². The summed E-state index contributed by atoms with van der Waals surface area (Å²) in [6.45, 7) is 0. The molecule has 5 heteroatoms. The van der Waals surface area contributed by atoms with Crippen molar-refractivity contribution in [2.24, 2.45) is 4.99 Å². The van der Waals surface area contributed by atoms with E-state index in [1.165, 1.54) is 0 Å². The largest absolute Gasteiger partial charge is 0.356 e. The second kappa shape index (κ2) is 2.53. The van der Waals surface area contributed by atoms with Gasteiger partial charge in [-0.3, -0.25) is 0 Å². The summed E-state index contributed by atoms with van der Waals surface area (Å²) in [5.74, 6) is 0. The molecular formula is C6H5BrClN3. The molecule has 0 saturated heterocycles. The Hall–Kier alpha value is -0.480. The average molecular weight is 234 g/mol. The number of aliphatic imine (C=N–C) groups is 1. The highest BCUT2D eigenvalue weighted by atomic mass is 79.9. The van der Waals surface area contributed by atoms with Crippen molar-refractivity contribution in [1.29, 1.82) is 0 Å². The first kappa shape index (κ1) is 7.18. The van der Waals surface area contributed by atoms with E-state index in [0.29, 0.717) is 5.16 Å². The molecule has 0 aromatic heterocycles. The molecule has 0 fully saturated rings. The van der Waals surface area contributed by atoms with Crippen LogP contribution in [0.5, 0.6) is 0 Å². The monoisotopic (exact) mass is 233 g/mol. The van der Waals surface area contributed by atoms with Crippen LogP contribution in [0.1, 0.15) is 0 Å². The number of halogens is 2. The molecule has 0 amide bonds. The first-order valence-corrected chi connectivity index (χ1v) is 4.26. The van der Waals surface area contributed by atoms with Gasteiger partial charge in [0.25, 0.3) is 0 Å². The molecule has 0 bridgehead atoms. The summed E-state index contributed by atoms with van der Waals surface area (Å²) in [4.78, 5) is 3.91. The maximum atomic E-state index is 5.82. The van der Waals surface area contributed by atoms with Gasteiger partial charge >= 0.3 is 0 Å². The van der Waals surface area contributed by atoms with Crippen LogP contribution in [-0.2, 0) is 0 Å². The Morgan fingerprint density at radius 2 is 2.45 bits per heavy atom. The molecule has 0 saturated carbocycles. The topological polar surface area (TPSA) is 36.4 Å². The second-order valence-corrected chi connectivity index (χ2v) is 3.45. The Bertz CT molecular complexity index is 282. The maximum absolute atomic E-state index is 5.82. The highest BCUT2D eigenvalue weighted by Gasteiger charge is 2.23. The predicted molar refractivity (Wildman–Crippen MR) is 48.4 cm³/mol. The molecular weight excluding hydrogens is 229 g/mol. The van der Waals surface area contributed by atoms with Crippen LogP contribution < -0.4 is 10.6 Å². The third kappa shape index (κ3) is 1.16. The third-order valence-corrected chi connectivity index (χ3v) is 2.31. The lowest BCUT2D eigenvalue weighted by Gasteiger charge is -2.17. The summed E-state index contributed by atoms with van der Waals surface area (Å²) in [6, 6.07) is 0. The van der Waals surface area contributed by atoms with Crippen molar-refractivity contribution in [3.05, 3.63) is 21.4 Å². The highest BCUT2D eigenvalue weighted by molar-refractivity contribution is 9.11. The van der Waals surface area contributed by atoms with E-state index in [1.807, 2.05) is 6.08 Å². The van der Waals surface area contributed by atoms with Gasteiger partial charge < -0.3 is 10.6 Å². The van der Waals surface area contributed by atoms with Gasteiger partial charge in [0.2, 0.25) is 0 Å². The molecule has 2 heterocycles. The van der Waals surface area contributed by atoms with E-state index < -0.39 is 0 Å². The lowest BCUT2D eigenvalue weighted by Crippen LogP contribution is -2.39. The Kier molecular flexibility index (Phi) is 1.65. The van der Waals surface area contributed by atoms with Crippen molar-refractivity contribution in [2.75, 3.05) is 0 Å². The molecule has 2 aliphatic rings. The van der Waals surface area contributed by atoms with E-state index in [9.17, 15) is 0 Å². The number of nitrogens with zero attached hydrogens (tertiary/aromatic N) is 1. The molecule has 0 aromatic carbocycles. The van der Waals surface area contributed by atoms with Gasteiger partial charge in [0.15, 0.2) is 0 Å². The summed E-state index contributed by atoms with van der Waals surface area (Å²) in [5.41, 5.74) is 0.973. The highest BCUT2D eigenvalue weighted by Crippen LogP contribution is 2.25. The normalized spacial score (nSPS) is 27.5. The first-order chi connectivity index (χ1) is 5.27. The molecule has 0 spiro atoms. The van der Waals surface area contributed by atoms with Crippen molar-refractivity contribution < 1.29 is 0 Å². The number of fused-ring (bicyclic) bond motifs is 1. The molecule has 0 radical (unpaired) electrons. The Labute approximate surface area is 77.3 Å². The van der Waals surface area contributed by atoms with E-state index >= 15 is 0 Å². The van der Waals surface area contributed by atoms with Crippen molar-refractivity contribution in [2.45, 2.75) is 6.17 Å². The number of rotatable bonds is 0. The predicted octanol–water partition coefficient (Wildman–Crippen LogP) is 1.23. The lowest BCUT2D eigenvalue weighted by atomic mass is 10.2. The zero-order valence-electron chi connectivity index (χ0n) is 5.44. The average Bonchev–Trinajstić information content (AvgIpc) is 2.31. The molecule has 58 valence electrons. The quantitative estimate of drug-likeness (QED) is 0.619. The fourth-order valence-corrected chi connectivity index (χ4v) is 1.72. The molecule has 3 nitrogen and oxygen atoms in total. The van der Waals surface area contributed by atoms with Crippen LogP contribution >= 0.6 is 27.5 Å². The molecule has 2 rings (SSSR count). The van der Waals surface area contributed by atoms with Gasteiger partial charge in [-0.05, 0) is 22.0 Å². The van der Waals surface area contributed by atoms with E-state index in [2.05, 4.69) is 31.6 Å². The standard InChI is InChI=1S/C6H5BrClN3/c7-4-1-3-5(8)9-2-10-6(3)11-4/h1-2,6,11H,(H,9,10). The number of hydrogen-bond donors (Lipinski definition) is 2. The van der Waals surface area contributed by atoms with Gasteiger partial charge in [-0.1, -0.05) is 11.6 Å². The number of nitrogens with one attached hydrogen (secondary N) is 2. The molecule has 2 N–H and O–H groups in total. The minimum atomic E-state index is 0.0781. The van der Waals surface area contributed by atoms with E-state index in [0.717, 1.165) is 10.2 Å². The minimum Gasteiger partial charge on any atom is -0.356 e. The summed E-state index contributed by atoms with van der Waals surface area (Å²) in [5, 5.41) is 6.67. The summed E-state index contributed by atoms with van der Waals surface area (Å²) < 4.78 is 0.925. The van der Waals surface area contributed by atoms with E-state index in [4.69, 9.17) is 11.6 Å². The first-order valence-electron chi connectivity index (χ1n) is 3.09. The SMILES string of the molecule is ClC1=C2C=C(Br)NC2NC=N1. The maximum Gasteiger partial charge on any atom is 0.138 e. The smallest absolute Gasteiger partial charge is 0.138 e. The van der Waals surface area contributed by atoms with Crippen LogP contribution in [0, 0.1) is 0 Å². The molecule has 0 aliphatic carbocycles. The van der Waals surface area contributed by atoms with Gasteiger partial charge in [0, 0.05) is 5.57 Å². The van der Waals surface area contributed by atoms with Crippen LogP contribution in [0.2, 0.25) is 0 Å². The van der Waals surface area contributed by atoms with Crippen LogP contribution in [0.25, 0.3) is 0 Å². The van der Waals surface area contributed by atoms with Crippen LogP contribution in [0.4, 0.5) is 0 Å².